The van der Waals surface area contributed by atoms with Gasteiger partial charge in [-0.2, -0.15) is 4.98 Å². The third-order valence-electron chi connectivity index (χ3n) is 6.34. The summed E-state index contributed by atoms with van der Waals surface area (Å²) in [5, 5.41) is 17.0. The van der Waals surface area contributed by atoms with E-state index in [-0.39, 0.29) is 6.61 Å². The van der Waals surface area contributed by atoms with Crippen molar-refractivity contribution >= 4 is 28.4 Å². The first kappa shape index (κ1) is 24.0. The first-order valence-electron chi connectivity index (χ1n) is 12.0. The molecule has 2 heterocycles. The number of fused-ring (bicyclic) bond motifs is 1. The third-order valence-corrected chi connectivity index (χ3v) is 6.34. The highest BCUT2D eigenvalue weighted by atomic mass is 16.5. The number of methoxy groups -OCH3 is 1. The number of aliphatic hydroxyl groups excluding tert-OH is 1. The molecule has 8 nitrogen and oxygen atoms in total. The summed E-state index contributed by atoms with van der Waals surface area (Å²) in [6.45, 7) is 3.68. The molecule has 0 aliphatic carbocycles. The number of piperidine rings is 1. The van der Waals surface area contributed by atoms with Crippen LogP contribution in [0, 0.1) is 0 Å². The molecule has 0 spiro atoms. The Kier molecular flexibility index (Phi) is 8.03. The minimum absolute atomic E-state index is 0.148. The molecule has 2 aromatic carbocycles. The second-order valence-electron chi connectivity index (χ2n) is 8.96. The molecule has 8 heteroatoms. The van der Waals surface area contributed by atoms with Gasteiger partial charge in [0.1, 0.15) is 11.6 Å². The number of para-hydroxylation sites is 1. The molecule has 1 aromatic heterocycles. The van der Waals surface area contributed by atoms with E-state index in [2.05, 4.69) is 51.6 Å². The van der Waals surface area contributed by atoms with Crippen LogP contribution in [0.1, 0.15) is 24.8 Å². The SMILES string of the molecule is COc1cccc(N(C)C)c1CN1CCC(Nc2nc(NCCCO)nc3ccccc23)CC1. The summed E-state index contributed by atoms with van der Waals surface area (Å²) in [6.07, 6.45) is 2.75. The summed E-state index contributed by atoms with van der Waals surface area (Å²) in [6, 6.07) is 14.7. The number of nitrogens with one attached hydrogen (secondary N) is 2. The Labute approximate surface area is 202 Å². The first-order chi connectivity index (χ1) is 16.6. The van der Waals surface area contributed by atoms with E-state index in [1.807, 2.05) is 30.3 Å². The predicted octanol–water partition coefficient (Wildman–Crippen LogP) is 3.58. The fraction of sp³-hybridized carbons (Fsp3) is 0.462. The Bertz CT molecular complexity index is 1080. The number of aliphatic hydroxyl groups is 1. The third kappa shape index (κ3) is 5.69. The maximum absolute atomic E-state index is 9.07. The lowest BCUT2D eigenvalue weighted by atomic mass is 10.0. The van der Waals surface area contributed by atoms with Crippen LogP contribution in [-0.4, -0.2) is 73.5 Å². The van der Waals surface area contributed by atoms with E-state index in [0.29, 0.717) is 25.0 Å². The molecule has 4 rings (SSSR count). The normalized spacial score (nSPS) is 14.8. The Balaban J connectivity index is 1.43. The van der Waals surface area contributed by atoms with Crippen LogP contribution in [0.2, 0.25) is 0 Å². The van der Waals surface area contributed by atoms with Gasteiger partial charge in [-0.1, -0.05) is 18.2 Å². The molecule has 1 saturated heterocycles. The number of anilines is 3. The highest BCUT2D eigenvalue weighted by Crippen LogP contribution is 2.31. The van der Waals surface area contributed by atoms with Gasteiger partial charge in [0.2, 0.25) is 5.95 Å². The molecule has 0 atom stereocenters. The molecule has 182 valence electrons. The van der Waals surface area contributed by atoms with Crippen molar-refractivity contribution in [1.82, 2.24) is 14.9 Å². The smallest absolute Gasteiger partial charge is 0.225 e. The monoisotopic (exact) mass is 464 g/mol. The maximum atomic E-state index is 9.07. The van der Waals surface area contributed by atoms with E-state index in [0.717, 1.165) is 54.9 Å². The van der Waals surface area contributed by atoms with Gasteiger partial charge in [0.05, 0.1) is 12.6 Å². The Hall–Kier alpha value is -3.10. The molecule has 34 heavy (non-hydrogen) atoms. The number of ether oxygens (including phenoxy) is 1. The first-order valence-corrected chi connectivity index (χ1v) is 12.0. The van der Waals surface area contributed by atoms with Crippen LogP contribution in [0.3, 0.4) is 0 Å². The van der Waals surface area contributed by atoms with Crippen molar-refractivity contribution < 1.29 is 9.84 Å². The van der Waals surface area contributed by atoms with Gasteiger partial charge in [0.25, 0.3) is 0 Å². The van der Waals surface area contributed by atoms with Crippen LogP contribution in [-0.2, 0) is 6.54 Å². The number of likely N-dealkylation sites (tertiary alicyclic amines) is 1. The number of rotatable bonds is 10. The summed E-state index contributed by atoms with van der Waals surface area (Å²) >= 11 is 0. The number of aromatic nitrogens is 2. The molecular weight excluding hydrogens is 428 g/mol. The van der Waals surface area contributed by atoms with Gasteiger partial charge in [-0.3, -0.25) is 4.90 Å². The van der Waals surface area contributed by atoms with E-state index >= 15 is 0 Å². The summed E-state index contributed by atoms with van der Waals surface area (Å²) in [5.41, 5.74) is 3.35. The number of benzene rings is 2. The Morgan fingerprint density at radius 2 is 1.88 bits per heavy atom. The molecule has 0 bridgehead atoms. The van der Waals surface area contributed by atoms with Gasteiger partial charge in [-0.05, 0) is 43.5 Å². The van der Waals surface area contributed by atoms with Crippen molar-refractivity contribution in [3.05, 3.63) is 48.0 Å². The quantitative estimate of drug-likeness (QED) is 0.393. The minimum Gasteiger partial charge on any atom is -0.496 e. The molecule has 1 fully saturated rings. The summed E-state index contributed by atoms with van der Waals surface area (Å²) in [5.74, 6) is 2.41. The summed E-state index contributed by atoms with van der Waals surface area (Å²) < 4.78 is 5.67. The lowest BCUT2D eigenvalue weighted by molar-refractivity contribution is 0.209. The number of nitrogens with zero attached hydrogens (tertiary/aromatic N) is 4. The average Bonchev–Trinajstić information content (AvgIpc) is 2.85. The van der Waals surface area contributed by atoms with Gasteiger partial charge in [0, 0.05) is 69.6 Å². The summed E-state index contributed by atoms with van der Waals surface area (Å²) in [4.78, 5) is 14.0. The maximum Gasteiger partial charge on any atom is 0.225 e. The van der Waals surface area contributed by atoms with Crippen LogP contribution >= 0.6 is 0 Å². The highest BCUT2D eigenvalue weighted by Gasteiger charge is 2.23. The lowest BCUT2D eigenvalue weighted by Crippen LogP contribution is -2.39. The van der Waals surface area contributed by atoms with Gasteiger partial charge >= 0.3 is 0 Å². The average molecular weight is 465 g/mol. The van der Waals surface area contributed by atoms with Gasteiger partial charge < -0.3 is 25.4 Å². The largest absolute Gasteiger partial charge is 0.496 e. The van der Waals surface area contributed by atoms with E-state index in [1.165, 1.54) is 11.3 Å². The molecular formula is C26H36N6O2. The van der Waals surface area contributed by atoms with Gasteiger partial charge in [-0.25, -0.2) is 4.98 Å². The molecule has 3 N–H and O–H groups in total. The van der Waals surface area contributed by atoms with Crippen LogP contribution in [0.4, 0.5) is 17.5 Å². The van der Waals surface area contributed by atoms with Crippen molar-refractivity contribution in [3.63, 3.8) is 0 Å². The zero-order chi connectivity index (χ0) is 23.9. The predicted molar refractivity (Wildman–Crippen MR) is 139 cm³/mol. The zero-order valence-corrected chi connectivity index (χ0v) is 20.4. The zero-order valence-electron chi connectivity index (χ0n) is 20.4. The van der Waals surface area contributed by atoms with Crippen molar-refractivity contribution in [2.45, 2.75) is 31.8 Å². The minimum atomic E-state index is 0.148. The van der Waals surface area contributed by atoms with Crippen LogP contribution in [0.15, 0.2) is 42.5 Å². The fourth-order valence-corrected chi connectivity index (χ4v) is 4.52. The molecule has 1 aliphatic rings. The van der Waals surface area contributed by atoms with E-state index < -0.39 is 0 Å². The van der Waals surface area contributed by atoms with Crippen molar-refractivity contribution in [2.24, 2.45) is 0 Å². The molecule has 0 saturated carbocycles. The van der Waals surface area contributed by atoms with Crippen molar-refractivity contribution in [1.29, 1.82) is 0 Å². The van der Waals surface area contributed by atoms with Crippen LogP contribution < -0.4 is 20.3 Å². The molecule has 0 radical (unpaired) electrons. The van der Waals surface area contributed by atoms with Crippen molar-refractivity contribution in [2.75, 3.05) is 63.0 Å². The molecule has 3 aromatic rings. The topological polar surface area (TPSA) is 85.8 Å². The Morgan fingerprint density at radius 3 is 2.62 bits per heavy atom. The van der Waals surface area contributed by atoms with Crippen LogP contribution in [0.25, 0.3) is 10.9 Å². The van der Waals surface area contributed by atoms with Gasteiger partial charge in [-0.15, -0.1) is 0 Å². The second-order valence-corrected chi connectivity index (χ2v) is 8.96. The molecule has 0 unspecified atom stereocenters. The van der Waals surface area contributed by atoms with E-state index in [4.69, 9.17) is 14.8 Å². The van der Waals surface area contributed by atoms with Crippen LogP contribution in [0.5, 0.6) is 5.75 Å². The Morgan fingerprint density at radius 1 is 1.09 bits per heavy atom. The van der Waals surface area contributed by atoms with Crippen molar-refractivity contribution in [3.8, 4) is 5.75 Å². The summed E-state index contributed by atoms with van der Waals surface area (Å²) in [7, 11) is 5.90. The van der Waals surface area contributed by atoms with E-state index in [9.17, 15) is 0 Å². The fourth-order valence-electron chi connectivity index (χ4n) is 4.52. The lowest BCUT2D eigenvalue weighted by Gasteiger charge is -2.34. The highest BCUT2D eigenvalue weighted by molar-refractivity contribution is 5.90. The number of hydrogen-bond donors (Lipinski definition) is 3. The van der Waals surface area contributed by atoms with E-state index in [1.54, 1.807) is 7.11 Å². The molecule has 1 aliphatic heterocycles. The van der Waals surface area contributed by atoms with Gasteiger partial charge in [0.15, 0.2) is 0 Å². The molecule has 0 amide bonds. The number of hydrogen-bond acceptors (Lipinski definition) is 8. The standard InChI is InChI=1S/C26H36N6O2/c1-31(2)23-10-6-11-24(34-3)21(23)18-32-15-12-19(13-16-32)28-25-20-8-4-5-9-22(20)29-26(30-25)27-14-7-17-33/h4-6,8-11,19,33H,7,12-18H2,1-3H3,(H2,27,28,29,30). The second kappa shape index (κ2) is 11.4.